The first-order valence-corrected chi connectivity index (χ1v) is 21.4. The van der Waals surface area contributed by atoms with Crippen molar-refractivity contribution in [2.24, 2.45) is 0 Å². The van der Waals surface area contributed by atoms with Crippen LogP contribution in [0.2, 0.25) is 0 Å². The third-order valence-electron chi connectivity index (χ3n) is 13.1. The molecule has 0 amide bonds. The lowest BCUT2D eigenvalue weighted by atomic mass is 9.73. The number of pyridine rings is 1. The molecule has 0 fully saturated rings. The minimum atomic E-state index is -0.157. The monoisotopic (exact) mass is 779 g/mol. The first-order valence-electron chi connectivity index (χ1n) is 20.6. The largest absolute Gasteiger partial charge is 0.310 e. The van der Waals surface area contributed by atoms with Gasteiger partial charge in [0.05, 0.1) is 22.7 Å². The number of hydrogen-bond acceptors (Lipinski definition) is 4. The molecule has 0 spiro atoms. The van der Waals surface area contributed by atoms with Gasteiger partial charge in [0.2, 0.25) is 0 Å². The van der Waals surface area contributed by atoms with Crippen LogP contribution >= 0.6 is 11.3 Å². The molecule has 2 aliphatic heterocycles. The summed E-state index contributed by atoms with van der Waals surface area (Å²) in [5.41, 5.74) is 19.5. The van der Waals surface area contributed by atoms with E-state index in [1.165, 1.54) is 93.9 Å². The molecule has 286 valence electrons. The van der Waals surface area contributed by atoms with Crippen molar-refractivity contribution in [2.75, 3.05) is 9.80 Å². The van der Waals surface area contributed by atoms with Crippen LogP contribution in [0.15, 0.2) is 164 Å². The van der Waals surface area contributed by atoms with E-state index in [0.29, 0.717) is 0 Å². The van der Waals surface area contributed by atoms with E-state index in [-0.39, 0.29) is 10.8 Å². The van der Waals surface area contributed by atoms with Crippen LogP contribution in [0, 0.1) is 13.8 Å². The van der Waals surface area contributed by atoms with E-state index >= 15 is 0 Å². The maximum absolute atomic E-state index is 4.82. The summed E-state index contributed by atoms with van der Waals surface area (Å²) >= 11 is 1.77. The van der Waals surface area contributed by atoms with Crippen LogP contribution in [0.25, 0.3) is 42.6 Å². The molecule has 2 aliphatic rings. The fourth-order valence-electron chi connectivity index (χ4n) is 10.2. The Morgan fingerprint density at radius 2 is 0.898 bits per heavy atom. The summed E-state index contributed by atoms with van der Waals surface area (Å²) < 4.78 is 1.27. The average Bonchev–Trinajstić information content (AvgIpc) is 3.64. The maximum Gasteiger partial charge on any atom is 0.125 e. The summed E-state index contributed by atoms with van der Waals surface area (Å²) in [5, 5.41) is 2.51. The molecule has 0 bridgehead atoms. The van der Waals surface area contributed by atoms with Gasteiger partial charge in [0.1, 0.15) is 4.83 Å². The lowest BCUT2D eigenvalue weighted by molar-refractivity contribution is 0.631. The smallest absolute Gasteiger partial charge is 0.125 e. The topological polar surface area (TPSA) is 19.4 Å². The predicted molar refractivity (Wildman–Crippen MR) is 251 cm³/mol. The summed E-state index contributed by atoms with van der Waals surface area (Å²) in [6, 6.07) is 58.8. The number of rotatable bonds is 4. The van der Waals surface area contributed by atoms with Gasteiger partial charge in [-0.25, -0.2) is 4.98 Å². The fraction of sp³-hybridized carbons (Fsp3) is 0.145. The van der Waals surface area contributed by atoms with Crippen molar-refractivity contribution < 1.29 is 0 Å². The van der Waals surface area contributed by atoms with Crippen molar-refractivity contribution >= 4 is 65.8 Å². The molecular weight excluding hydrogens is 735 g/mol. The van der Waals surface area contributed by atoms with Crippen LogP contribution in [-0.2, 0) is 10.8 Å². The van der Waals surface area contributed by atoms with Gasteiger partial charge in [0.25, 0.3) is 0 Å². The summed E-state index contributed by atoms with van der Waals surface area (Å²) in [6.45, 7) is 14.0. The summed E-state index contributed by atoms with van der Waals surface area (Å²) in [7, 11) is 0. The molecule has 2 aromatic heterocycles. The minimum Gasteiger partial charge on any atom is -0.310 e. The standard InChI is InChI=1S/C55H45N3S/c1-34-30-42(39-27-28-56-53-52(39)40-17-7-16-26-51(40)59-53)35(2)29-41(34)36-31-37(57-47-22-12-8-18-43(47)54(3,4)44-19-9-13-23-48(44)57)33-38(32-36)58-49-24-14-10-20-45(49)55(5,6)46-21-11-15-25-50(46)58/h7-33H,1-6H3. The number of aryl methyl sites for hydroxylation is 2. The number of anilines is 6. The first-order chi connectivity index (χ1) is 28.6. The zero-order chi connectivity index (χ0) is 40.2. The van der Waals surface area contributed by atoms with E-state index in [0.717, 1.165) is 16.2 Å². The summed E-state index contributed by atoms with van der Waals surface area (Å²) in [6.07, 6.45) is 1.97. The second-order valence-corrected chi connectivity index (χ2v) is 18.4. The van der Waals surface area contributed by atoms with E-state index in [9.17, 15) is 0 Å². The number of fused-ring (bicyclic) bond motifs is 7. The zero-order valence-corrected chi connectivity index (χ0v) is 35.2. The molecule has 59 heavy (non-hydrogen) atoms. The van der Waals surface area contributed by atoms with Crippen LogP contribution in [0.1, 0.15) is 61.1 Å². The van der Waals surface area contributed by atoms with Gasteiger partial charge in [-0.1, -0.05) is 131 Å². The van der Waals surface area contributed by atoms with E-state index in [4.69, 9.17) is 4.98 Å². The number of thiophene rings is 1. The van der Waals surface area contributed by atoms with Crippen molar-refractivity contribution in [1.82, 2.24) is 4.98 Å². The average molecular weight is 780 g/mol. The maximum atomic E-state index is 4.82. The Labute approximate surface area is 350 Å². The van der Waals surface area contributed by atoms with E-state index in [1.807, 2.05) is 6.20 Å². The van der Waals surface area contributed by atoms with Crippen LogP contribution in [0.4, 0.5) is 34.1 Å². The third kappa shape index (κ3) is 5.29. The van der Waals surface area contributed by atoms with Crippen LogP contribution in [-0.4, -0.2) is 4.98 Å². The van der Waals surface area contributed by atoms with E-state index in [2.05, 4.69) is 209 Å². The summed E-state index contributed by atoms with van der Waals surface area (Å²) in [5.74, 6) is 0. The Morgan fingerprint density at radius 1 is 0.458 bits per heavy atom. The molecule has 0 saturated heterocycles. The number of benzene rings is 7. The van der Waals surface area contributed by atoms with Gasteiger partial charge >= 0.3 is 0 Å². The second kappa shape index (κ2) is 13.0. The SMILES string of the molecule is Cc1cc(-c2ccnc3sc4ccccc4c23)c(C)cc1-c1cc(N2c3ccccc3C(C)(C)c3ccccc32)cc(N2c3ccccc3C(C)(C)c3ccccc32)c1. The van der Waals surface area contributed by atoms with Crippen LogP contribution < -0.4 is 9.80 Å². The van der Waals surface area contributed by atoms with Gasteiger partial charge in [0.15, 0.2) is 0 Å². The molecule has 3 nitrogen and oxygen atoms in total. The van der Waals surface area contributed by atoms with Crippen LogP contribution in [0.5, 0.6) is 0 Å². The lowest BCUT2D eigenvalue weighted by Crippen LogP contribution is -2.31. The van der Waals surface area contributed by atoms with Crippen molar-refractivity contribution in [3.05, 3.63) is 197 Å². The van der Waals surface area contributed by atoms with Gasteiger partial charge in [-0.3, -0.25) is 0 Å². The molecule has 0 aliphatic carbocycles. The third-order valence-corrected chi connectivity index (χ3v) is 14.2. The van der Waals surface area contributed by atoms with Gasteiger partial charge in [-0.05, 0) is 124 Å². The predicted octanol–water partition coefficient (Wildman–Crippen LogP) is 15.6. The zero-order valence-electron chi connectivity index (χ0n) is 34.3. The Hall–Kier alpha value is -6.49. The number of hydrogen-bond donors (Lipinski definition) is 0. The van der Waals surface area contributed by atoms with Crippen molar-refractivity contribution in [1.29, 1.82) is 0 Å². The van der Waals surface area contributed by atoms with Gasteiger partial charge in [-0.15, -0.1) is 11.3 Å². The normalized spacial score (nSPS) is 14.8. The van der Waals surface area contributed by atoms with Crippen molar-refractivity contribution in [3.63, 3.8) is 0 Å². The molecule has 0 atom stereocenters. The number of para-hydroxylation sites is 4. The van der Waals surface area contributed by atoms with Gasteiger partial charge in [-0.2, -0.15) is 0 Å². The molecule has 0 unspecified atom stereocenters. The van der Waals surface area contributed by atoms with Crippen molar-refractivity contribution in [2.45, 2.75) is 52.4 Å². The van der Waals surface area contributed by atoms with Crippen LogP contribution in [0.3, 0.4) is 0 Å². The van der Waals surface area contributed by atoms with E-state index < -0.39 is 0 Å². The Bertz CT molecular complexity index is 2940. The quantitative estimate of drug-likeness (QED) is 0.177. The molecule has 0 radical (unpaired) electrons. The molecule has 4 heteroatoms. The van der Waals surface area contributed by atoms with Crippen molar-refractivity contribution in [3.8, 4) is 22.3 Å². The highest BCUT2D eigenvalue weighted by Gasteiger charge is 2.39. The molecule has 9 aromatic rings. The lowest BCUT2D eigenvalue weighted by Gasteiger charge is -2.43. The Morgan fingerprint density at radius 3 is 1.42 bits per heavy atom. The molecule has 11 rings (SSSR count). The molecular formula is C55H45N3S. The number of aromatic nitrogens is 1. The molecule has 0 N–H and O–H groups in total. The highest BCUT2D eigenvalue weighted by molar-refractivity contribution is 7.25. The molecule has 7 aromatic carbocycles. The highest BCUT2D eigenvalue weighted by Crippen LogP contribution is 2.56. The highest BCUT2D eigenvalue weighted by atomic mass is 32.1. The first kappa shape index (κ1) is 35.7. The summed E-state index contributed by atoms with van der Waals surface area (Å²) in [4.78, 5) is 10.9. The minimum absolute atomic E-state index is 0.157. The van der Waals surface area contributed by atoms with E-state index in [1.54, 1.807) is 11.3 Å². The second-order valence-electron chi connectivity index (χ2n) is 17.3. The molecule has 0 saturated carbocycles. The molecule has 4 heterocycles. The fourth-order valence-corrected chi connectivity index (χ4v) is 11.3. The van der Waals surface area contributed by atoms with Gasteiger partial charge in [0, 0.05) is 43.9 Å². The Kier molecular flexibility index (Phi) is 7.86. The van der Waals surface area contributed by atoms with Gasteiger partial charge < -0.3 is 9.80 Å². The number of nitrogens with zero attached hydrogens (tertiary/aromatic N) is 3. The Balaban J connectivity index is 1.17.